The maximum atomic E-state index is 12.1. The predicted octanol–water partition coefficient (Wildman–Crippen LogP) is 2.87. The zero-order valence-corrected chi connectivity index (χ0v) is 12.0. The van der Waals surface area contributed by atoms with Crippen LogP contribution in [0, 0.1) is 0 Å². The molecule has 0 saturated carbocycles. The molecule has 0 atom stereocenters. The Kier molecular flexibility index (Phi) is 4.80. The molecule has 2 rings (SSSR count). The van der Waals surface area contributed by atoms with Crippen LogP contribution in [0.2, 0.25) is 0 Å². The van der Waals surface area contributed by atoms with Gasteiger partial charge in [0.2, 0.25) is 0 Å². The Morgan fingerprint density at radius 2 is 1.74 bits per heavy atom. The van der Waals surface area contributed by atoms with E-state index in [1.54, 1.807) is 12.1 Å². The molecule has 19 heavy (non-hydrogen) atoms. The molecule has 0 N–H and O–H groups in total. The van der Waals surface area contributed by atoms with Crippen molar-refractivity contribution in [1.29, 1.82) is 0 Å². The summed E-state index contributed by atoms with van der Waals surface area (Å²) in [5.74, 6) is 0.345. The van der Waals surface area contributed by atoms with Gasteiger partial charge in [0.15, 0.2) is 9.84 Å². The molecule has 0 spiro atoms. The third kappa shape index (κ3) is 3.69. The number of alkyl halides is 1. The molecule has 0 heterocycles. The first-order valence-corrected chi connectivity index (χ1v) is 8.17. The number of hydrogen-bond acceptors (Lipinski definition) is 3. The number of halogens is 1. The molecule has 0 saturated heterocycles. The topological polar surface area (TPSA) is 43.4 Å². The summed E-state index contributed by atoms with van der Waals surface area (Å²) in [5.41, 5.74) is 0. The van der Waals surface area contributed by atoms with Gasteiger partial charge >= 0.3 is 0 Å². The van der Waals surface area contributed by atoms with Crippen molar-refractivity contribution in [2.75, 3.05) is 24.8 Å². The van der Waals surface area contributed by atoms with Crippen molar-refractivity contribution < 1.29 is 13.2 Å². The average Bonchev–Trinajstić information content (AvgIpc) is 2.43. The van der Waals surface area contributed by atoms with Crippen LogP contribution in [0.25, 0.3) is 10.8 Å². The molecular formula is C14H15ClO3S. The lowest BCUT2D eigenvalue weighted by Crippen LogP contribution is -2.13. The van der Waals surface area contributed by atoms with E-state index < -0.39 is 9.84 Å². The van der Waals surface area contributed by atoms with Crippen molar-refractivity contribution in [3.05, 3.63) is 42.5 Å². The van der Waals surface area contributed by atoms with Gasteiger partial charge in [-0.2, -0.15) is 0 Å². The quantitative estimate of drug-likeness (QED) is 0.608. The number of ether oxygens (including phenoxy) is 1. The second-order valence-electron chi connectivity index (χ2n) is 4.13. The van der Waals surface area contributed by atoms with Crippen molar-refractivity contribution >= 4 is 32.2 Å². The second-order valence-corrected chi connectivity index (χ2v) is 6.62. The smallest absolute Gasteiger partial charge is 0.180 e. The Labute approximate surface area is 118 Å². The van der Waals surface area contributed by atoms with Crippen LogP contribution in [0.5, 0.6) is 0 Å². The lowest BCUT2D eigenvalue weighted by atomic mass is 10.1. The zero-order valence-electron chi connectivity index (χ0n) is 10.4. The minimum absolute atomic E-state index is 0.0256. The summed E-state index contributed by atoms with van der Waals surface area (Å²) in [6.07, 6.45) is 0. The number of rotatable bonds is 6. The molecule has 0 radical (unpaired) electrons. The summed E-state index contributed by atoms with van der Waals surface area (Å²) < 4.78 is 29.4. The maximum Gasteiger partial charge on any atom is 0.180 e. The molecule has 3 nitrogen and oxygen atoms in total. The summed E-state index contributed by atoms with van der Waals surface area (Å²) in [6, 6.07) is 12.8. The number of fused-ring (bicyclic) bond motifs is 1. The fraction of sp³-hybridized carbons (Fsp3) is 0.286. The van der Waals surface area contributed by atoms with Gasteiger partial charge in [0.1, 0.15) is 0 Å². The van der Waals surface area contributed by atoms with E-state index in [0.717, 1.165) is 10.8 Å². The van der Waals surface area contributed by atoms with Crippen LogP contribution >= 0.6 is 11.6 Å². The molecule has 0 aliphatic heterocycles. The highest BCUT2D eigenvalue weighted by Crippen LogP contribution is 2.19. The van der Waals surface area contributed by atoms with E-state index in [1.807, 2.05) is 30.3 Å². The SMILES string of the molecule is O=S(=O)(CCOCCCl)c1ccc2ccccc2c1. The molecule has 102 valence electrons. The van der Waals surface area contributed by atoms with Crippen molar-refractivity contribution in [3.63, 3.8) is 0 Å². The molecule has 0 bridgehead atoms. The van der Waals surface area contributed by atoms with E-state index in [0.29, 0.717) is 17.4 Å². The molecule has 0 unspecified atom stereocenters. The van der Waals surface area contributed by atoms with Gasteiger partial charge < -0.3 is 4.74 Å². The highest BCUT2D eigenvalue weighted by atomic mass is 35.5. The molecule has 0 fully saturated rings. The van der Waals surface area contributed by atoms with Crippen molar-refractivity contribution in [3.8, 4) is 0 Å². The highest BCUT2D eigenvalue weighted by Gasteiger charge is 2.14. The minimum Gasteiger partial charge on any atom is -0.379 e. The Hall–Kier alpha value is -1.10. The highest BCUT2D eigenvalue weighted by molar-refractivity contribution is 7.91. The Morgan fingerprint density at radius 3 is 2.47 bits per heavy atom. The number of hydrogen-bond donors (Lipinski definition) is 0. The third-order valence-corrected chi connectivity index (χ3v) is 4.63. The molecule has 5 heteroatoms. The number of benzene rings is 2. The van der Waals surface area contributed by atoms with E-state index in [2.05, 4.69) is 0 Å². The standard InChI is InChI=1S/C14H15ClO3S/c15-7-8-18-9-10-19(16,17)14-6-5-12-3-1-2-4-13(12)11-14/h1-6,11H,7-10H2. The first-order chi connectivity index (χ1) is 9.13. The molecule has 0 aliphatic carbocycles. The first kappa shape index (κ1) is 14.3. The van der Waals surface area contributed by atoms with Crippen LogP contribution < -0.4 is 0 Å². The van der Waals surface area contributed by atoms with Gasteiger partial charge in [-0.15, -0.1) is 11.6 Å². The van der Waals surface area contributed by atoms with Gasteiger partial charge in [0.25, 0.3) is 0 Å². The summed E-state index contributed by atoms with van der Waals surface area (Å²) in [4.78, 5) is 0.334. The molecule has 0 amide bonds. The normalized spacial score (nSPS) is 11.8. The van der Waals surface area contributed by atoms with Crippen LogP contribution in [-0.4, -0.2) is 33.3 Å². The van der Waals surface area contributed by atoms with Gasteiger partial charge in [-0.25, -0.2) is 8.42 Å². The fourth-order valence-corrected chi connectivity index (χ4v) is 3.07. The molecular weight excluding hydrogens is 284 g/mol. The van der Waals surface area contributed by atoms with Crippen LogP contribution in [0.1, 0.15) is 0 Å². The van der Waals surface area contributed by atoms with Gasteiger partial charge in [-0.1, -0.05) is 30.3 Å². The predicted molar refractivity (Wildman–Crippen MR) is 77.5 cm³/mol. The van der Waals surface area contributed by atoms with Gasteiger partial charge in [-0.3, -0.25) is 0 Å². The van der Waals surface area contributed by atoms with Crippen molar-refractivity contribution in [2.45, 2.75) is 4.90 Å². The maximum absolute atomic E-state index is 12.1. The lowest BCUT2D eigenvalue weighted by molar-refractivity contribution is 0.165. The summed E-state index contributed by atoms with van der Waals surface area (Å²) in [5, 5.41) is 1.95. The van der Waals surface area contributed by atoms with E-state index in [9.17, 15) is 8.42 Å². The third-order valence-electron chi connectivity index (χ3n) is 2.80. The van der Waals surface area contributed by atoms with E-state index >= 15 is 0 Å². The molecule has 0 aromatic heterocycles. The van der Waals surface area contributed by atoms with Gasteiger partial charge in [0, 0.05) is 5.88 Å². The summed E-state index contributed by atoms with van der Waals surface area (Å²) in [7, 11) is -3.30. The monoisotopic (exact) mass is 298 g/mol. The zero-order chi connectivity index (χ0) is 13.7. The first-order valence-electron chi connectivity index (χ1n) is 5.99. The Bertz CT molecular complexity index is 653. The van der Waals surface area contributed by atoms with Gasteiger partial charge in [-0.05, 0) is 22.9 Å². The van der Waals surface area contributed by atoms with E-state index in [4.69, 9.17) is 16.3 Å². The summed E-state index contributed by atoms with van der Waals surface area (Å²) >= 11 is 5.46. The lowest BCUT2D eigenvalue weighted by Gasteiger charge is -2.06. The van der Waals surface area contributed by atoms with Crippen molar-refractivity contribution in [1.82, 2.24) is 0 Å². The van der Waals surface area contributed by atoms with Gasteiger partial charge in [0.05, 0.1) is 23.9 Å². The number of sulfone groups is 1. The van der Waals surface area contributed by atoms with Crippen LogP contribution in [0.3, 0.4) is 0 Å². The average molecular weight is 299 g/mol. The molecule has 2 aromatic rings. The van der Waals surface area contributed by atoms with E-state index in [-0.39, 0.29) is 12.4 Å². The van der Waals surface area contributed by atoms with Crippen LogP contribution in [0.15, 0.2) is 47.4 Å². The second kappa shape index (κ2) is 6.37. The van der Waals surface area contributed by atoms with Crippen LogP contribution in [-0.2, 0) is 14.6 Å². The largest absolute Gasteiger partial charge is 0.379 e. The van der Waals surface area contributed by atoms with Crippen LogP contribution in [0.4, 0.5) is 0 Å². The fourth-order valence-electron chi connectivity index (χ4n) is 1.80. The molecule has 2 aromatic carbocycles. The summed E-state index contributed by atoms with van der Waals surface area (Å²) in [6.45, 7) is 0.538. The van der Waals surface area contributed by atoms with Crippen molar-refractivity contribution in [2.24, 2.45) is 0 Å². The Morgan fingerprint density at radius 1 is 1.00 bits per heavy atom. The van der Waals surface area contributed by atoms with E-state index in [1.165, 1.54) is 0 Å². The molecule has 0 aliphatic rings. The minimum atomic E-state index is -3.30. The Balaban J connectivity index is 2.18.